The number of rotatable bonds is 4. The molecule has 0 aliphatic carbocycles. The van der Waals surface area contributed by atoms with Gasteiger partial charge in [-0.3, -0.25) is 0 Å². The normalized spacial score (nSPS) is 12.4. The predicted molar refractivity (Wildman–Crippen MR) is 83.7 cm³/mol. The van der Waals surface area contributed by atoms with Crippen molar-refractivity contribution in [2.75, 3.05) is 6.54 Å². The van der Waals surface area contributed by atoms with Crippen LogP contribution in [-0.4, -0.2) is 6.54 Å². The lowest BCUT2D eigenvalue weighted by atomic mass is 9.92. The Morgan fingerprint density at radius 3 is 2.53 bits per heavy atom. The molecule has 1 atom stereocenters. The van der Waals surface area contributed by atoms with Crippen molar-refractivity contribution in [1.82, 2.24) is 0 Å². The molecule has 1 nitrogen and oxygen atoms in total. The highest BCUT2D eigenvalue weighted by Gasteiger charge is 2.12. The van der Waals surface area contributed by atoms with E-state index in [1.54, 1.807) is 6.07 Å². The first kappa shape index (κ1) is 14.7. The summed E-state index contributed by atoms with van der Waals surface area (Å²) in [5.74, 6) is -0.00892. The number of halogens is 3. The van der Waals surface area contributed by atoms with Crippen LogP contribution in [0.2, 0.25) is 0 Å². The minimum atomic E-state index is -0.240. The second kappa shape index (κ2) is 6.64. The zero-order chi connectivity index (χ0) is 13.8. The molecule has 0 aliphatic rings. The molecule has 19 heavy (non-hydrogen) atoms. The molecule has 4 heteroatoms. The van der Waals surface area contributed by atoms with Gasteiger partial charge in [-0.15, -0.1) is 0 Å². The molecule has 0 saturated carbocycles. The van der Waals surface area contributed by atoms with Crippen LogP contribution in [0.3, 0.4) is 0 Å². The van der Waals surface area contributed by atoms with Crippen molar-refractivity contribution in [2.45, 2.75) is 12.3 Å². The van der Waals surface area contributed by atoms with Gasteiger partial charge in [0.1, 0.15) is 5.82 Å². The van der Waals surface area contributed by atoms with Crippen molar-refractivity contribution in [3.8, 4) is 0 Å². The third-order valence-corrected chi connectivity index (χ3v) is 4.17. The number of hydrogen-bond donors (Lipinski definition) is 1. The lowest BCUT2D eigenvalue weighted by molar-refractivity contribution is 0.618. The van der Waals surface area contributed by atoms with Gasteiger partial charge in [0.2, 0.25) is 0 Å². The molecule has 0 fully saturated rings. The second-order valence-corrected chi connectivity index (χ2v) is 6.21. The van der Waals surface area contributed by atoms with E-state index in [1.807, 2.05) is 18.2 Å². The fourth-order valence-corrected chi connectivity index (χ4v) is 2.89. The summed E-state index contributed by atoms with van der Waals surface area (Å²) in [5, 5.41) is 0. The maximum absolute atomic E-state index is 13.2. The van der Waals surface area contributed by atoms with E-state index in [9.17, 15) is 4.39 Å². The Kier molecular flexibility index (Phi) is 5.13. The van der Waals surface area contributed by atoms with Crippen LogP contribution >= 0.6 is 31.9 Å². The molecular formula is C15H14Br2FN. The Morgan fingerprint density at radius 1 is 1.11 bits per heavy atom. The molecule has 0 radical (unpaired) electrons. The lowest BCUT2D eigenvalue weighted by Crippen LogP contribution is -2.15. The van der Waals surface area contributed by atoms with Crippen molar-refractivity contribution in [1.29, 1.82) is 0 Å². The first-order valence-electron chi connectivity index (χ1n) is 5.99. The van der Waals surface area contributed by atoms with Crippen LogP contribution in [0, 0.1) is 5.82 Å². The van der Waals surface area contributed by atoms with Crippen molar-refractivity contribution in [3.05, 3.63) is 68.4 Å². The molecule has 100 valence electrons. The smallest absolute Gasteiger partial charge is 0.137 e. The van der Waals surface area contributed by atoms with E-state index >= 15 is 0 Å². The van der Waals surface area contributed by atoms with E-state index < -0.39 is 0 Å². The summed E-state index contributed by atoms with van der Waals surface area (Å²) in [6.45, 7) is 0.561. The fraction of sp³-hybridized carbons (Fsp3) is 0.200. The predicted octanol–water partition coefficient (Wildman–Crippen LogP) is 4.64. The summed E-state index contributed by atoms with van der Waals surface area (Å²) in [4.78, 5) is 0. The molecular weight excluding hydrogens is 373 g/mol. The maximum Gasteiger partial charge on any atom is 0.137 e. The average Bonchev–Trinajstić information content (AvgIpc) is 2.40. The van der Waals surface area contributed by atoms with Gasteiger partial charge in [0.25, 0.3) is 0 Å². The highest BCUT2D eigenvalue weighted by Crippen LogP contribution is 2.25. The average molecular weight is 387 g/mol. The molecule has 0 heterocycles. The van der Waals surface area contributed by atoms with Gasteiger partial charge >= 0.3 is 0 Å². The van der Waals surface area contributed by atoms with Crippen LogP contribution < -0.4 is 5.73 Å². The zero-order valence-electron chi connectivity index (χ0n) is 10.2. The van der Waals surface area contributed by atoms with Crippen molar-refractivity contribution >= 4 is 31.9 Å². The Balaban J connectivity index is 2.21. The van der Waals surface area contributed by atoms with Crippen LogP contribution in [0.1, 0.15) is 17.0 Å². The van der Waals surface area contributed by atoms with Gasteiger partial charge in [0.15, 0.2) is 0 Å². The highest BCUT2D eigenvalue weighted by atomic mass is 79.9. The van der Waals surface area contributed by atoms with Gasteiger partial charge in [-0.25, -0.2) is 4.39 Å². The molecule has 0 saturated heterocycles. The van der Waals surface area contributed by atoms with Crippen LogP contribution in [0.4, 0.5) is 4.39 Å². The van der Waals surface area contributed by atoms with Crippen LogP contribution in [-0.2, 0) is 6.42 Å². The van der Waals surface area contributed by atoms with Crippen molar-refractivity contribution in [2.24, 2.45) is 5.73 Å². The number of nitrogens with two attached hydrogens (primary N) is 1. The third-order valence-electron chi connectivity index (χ3n) is 3.07. The number of benzene rings is 2. The quantitative estimate of drug-likeness (QED) is 0.813. The zero-order valence-corrected chi connectivity index (χ0v) is 13.4. The minimum Gasteiger partial charge on any atom is -0.330 e. The first-order chi connectivity index (χ1) is 9.10. The van der Waals surface area contributed by atoms with Crippen molar-refractivity contribution < 1.29 is 4.39 Å². The summed E-state index contributed by atoms with van der Waals surface area (Å²) in [6, 6.07) is 13.2. The third kappa shape index (κ3) is 3.88. The van der Waals surface area contributed by atoms with Crippen LogP contribution in [0.5, 0.6) is 0 Å². The monoisotopic (exact) mass is 385 g/mol. The van der Waals surface area contributed by atoms with Crippen molar-refractivity contribution in [3.63, 3.8) is 0 Å². The van der Waals surface area contributed by atoms with Gasteiger partial charge in [0.05, 0.1) is 4.47 Å². The van der Waals surface area contributed by atoms with E-state index in [0.29, 0.717) is 11.0 Å². The van der Waals surface area contributed by atoms with Gasteiger partial charge in [-0.1, -0.05) is 34.1 Å². The van der Waals surface area contributed by atoms with Gasteiger partial charge in [-0.2, -0.15) is 0 Å². The lowest BCUT2D eigenvalue weighted by Gasteiger charge is -2.16. The van der Waals surface area contributed by atoms with E-state index in [-0.39, 0.29) is 11.7 Å². The molecule has 0 aromatic heterocycles. The van der Waals surface area contributed by atoms with Crippen LogP contribution in [0.25, 0.3) is 0 Å². The van der Waals surface area contributed by atoms with E-state index in [1.165, 1.54) is 11.6 Å². The fourth-order valence-electron chi connectivity index (χ4n) is 2.05. The topological polar surface area (TPSA) is 26.0 Å². The first-order valence-corrected chi connectivity index (χ1v) is 7.58. The van der Waals surface area contributed by atoms with Gasteiger partial charge in [0, 0.05) is 10.4 Å². The second-order valence-electron chi connectivity index (χ2n) is 4.44. The Labute approximate surface area is 129 Å². The SMILES string of the molecule is NCC(Cc1ccc(F)c(Br)c1)c1cccc(Br)c1. The Morgan fingerprint density at radius 2 is 1.89 bits per heavy atom. The largest absolute Gasteiger partial charge is 0.330 e. The van der Waals surface area contributed by atoms with E-state index in [0.717, 1.165) is 16.5 Å². The Bertz CT molecular complexity index is 572. The number of hydrogen-bond acceptors (Lipinski definition) is 1. The molecule has 1 unspecified atom stereocenters. The molecule has 2 rings (SSSR count). The molecule has 0 aliphatic heterocycles. The van der Waals surface area contributed by atoms with E-state index in [2.05, 4.69) is 44.0 Å². The molecule has 2 N–H and O–H groups in total. The highest BCUT2D eigenvalue weighted by molar-refractivity contribution is 9.10. The summed E-state index contributed by atoms with van der Waals surface area (Å²) in [7, 11) is 0. The van der Waals surface area contributed by atoms with Crippen LogP contribution in [0.15, 0.2) is 51.4 Å². The maximum atomic E-state index is 13.2. The van der Waals surface area contributed by atoms with E-state index in [4.69, 9.17) is 5.73 Å². The van der Waals surface area contributed by atoms with Gasteiger partial charge < -0.3 is 5.73 Å². The molecule has 0 amide bonds. The molecule has 2 aromatic rings. The summed E-state index contributed by atoms with van der Waals surface area (Å²) >= 11 is 6.68. The molecule has 0 spiro atoms. The molecule has 2 aromatic carbocycles. The minimum absolute atomic E-state index is 0.231. The summed E-state index contributed by atoms with van der Waals surface area (Å²) < 4.78 is 14.8. The summed E-state index contributed by atoms with van der Waals surface area (Å²) in [6.07, 6.45) is 0.797. The van der Waals surface area contributed by atoms with Gasteiger partial charge in [-0.05, 0) is 64.3 Å². The summed E-state index contributed by atoms with van der Waals surface area (Å²) in [5.41, 5.74) is 8.13. The Hall–Kier alpha value is -0.710. The standard InChI is InChI=1S/C15H14Br2FN/c16-13-3-1-2-11(8-13)12(9-19)6-10-4-5-15(18)14(17)7-10/h1-5,7-8,12H,6,9,19H2. The molecule has 0 bridgehead atoms.